The Balaban J connectivity index is 1.77. The van der Waals surface area contributed by atoms with E-state index in [0.29, 0.717) is 27.2 Å². The van der Waals surface area contributed by atoms with Crippen molar-refractivity contribution < 1.29 is 19.1 Å². The Morgan fingerprint density at radius 2 is 1.93 bits per heavy atom. The molecule has 2 aromatic heterocycles. The number of amides is 2. The van der Waals surface area contributed by atoms with Crippen molar-refractivity contribution in [3.05, 3.63) is 58.6 Å². The summed E-state index contributed by atoms with van der Waals surface area (Å²) in [6, 6.07) is 10.3. The molecule has 2 amide bonds. The van der Waals surface area contributed by atoms with Gasteiger partial charge in [-0.1, -0.05) is 18.2 Å². The number of carbonyl (C=O) groups excluding carboxylic acids is 3. The smallest absolute Gasteiger partial charge is 0.339 e. The molecule has 27 heavy (non-hydrogen) atoms. The summed E-state index contributed by atoms with van der Waals surface area (Å²) in [6.07, 6.45) is -1.06. The zero-order chi connectivity index (χ0) is 19.6. The van der Waals surface area contributed by atoms with Crippen LogP contribution in [-0.4, -0.2) is 28.9 Å². The number of nitrogens with one attached hydrogen (secondary N) is 1. The van der Waals surface area contributed by atoms with E-state index in [0.717, 1.165) is 11.3 Å². The van der Waals surface area contributed by atoms with Gasteiger partial charge in [-0.15, -0.1) is 11.3 Å². The number of aryl methyl sites for hydroxylation is 1. The monoisotopic (exact) mass is 383 g/mol. The predicted molar refractivity (Wildman–Crippen MR) is 103 cm³/mol. The number of para-hydroxylation sites is 1. The fourth-order valence-corrected chi connectivity index (χ4v) is 3.36. The largest absolute Gasteiger partial charge is 0.449 e. The van der Waals surface area contributed by atoms with Crippen molar-refractivity contribution in [1.29, 1.82) is 0 Å². The number of carbonyl (C=O) groups is 3. The Hall–Kier alpha value is -3.26. The predicted octanol–water partition coefficient (Wildman–Crippen LogP) is 2.89. The van der Waals surface area contributed by atoms with Crippen molar-refractivity contribution in [3.63, 3.8) is 0 Å². The third-order valence-corrected chi connectivity index (χ3v) is 4.71. The summed E-state index contributed by atoms with van der Waals surface area (Å²) in [5, 5.41) is 5.17. The maximum absolute atomic E-state index is 12.6. The first-order valence-corrected chi connectivity index (χ1v) is 9.00. The lowest BCUT2D eigenvalue weighted by molar-refractivity contribution is -0.123. The molecule has 138 valence electrons. The normalized spacial score (nSPS) is 11.8. The lowest BCUT2D eigenvalue weighted by Gasteiger charge is -2.14. The van der Waals surface area contributed by atoms with Crippen LogP contribution >= 0.6 is 11.3 Å². The molecule has 0 unspecified atom stereocenters. The van der Waals surface area contributed by atoms with Crippen LogP contribution in [0.3, 0.4) is 0 Å². The maximum atomic E-state index is 12.6. The number of esters is 1. The fraction of sp³-hybridized carbons (Fsp3) is 0.158. The number of nitrogens with two attached hydrogens (primary N) is 1. The van der Waals surface area contributed by atoms with Gasteiger partial charge in [0.25, 0.3) is 11.8 Å². The molecule has 0 aliphatic heterocycles. The number of benzene rings is 1. The molecule has 0 saturated carbocycles. The summed E-state index contributed by atoms with van der Waals surface area (Å²) < 4.78 is 5.32. The molecule has 1 aromatic carbocycles. The molecule has 8 heteroatoms. The standard InChI is InChI=1S/C19H17N3O4S/c1-10-9-14(12-5-3-4-6-15(12)21-10)19(25)26-11(2)17(24)22-18-13(16(20)23)7-8-27-18/h3-9,11H,1-2H3,(H2,20,23)(H,22,24)/t11-/m0/s1. The molecular weight excluding hydrogens is 366 g/mol. The van der Waals surface area contributed by atoms with Gasteiger partial charge in [-0.2, -0.15) is 0 Å². The van der Waals surface area contributed by atoms with Crippen molar-refractivity contribution in [2.75, 3.05) is 5.32 Å². The SMILES string of the molecule is Cc1cc(C(=O)O[C@@H](C)C(=O)Nc2sccc2C(N)=O)c2ccccc2n1. The number of hydrogen-bond donors (Lipinski definition) is 2. The number of fused-ring (bicyclic) bond motifs is 1. The van der Waals surface area contributed by atoms with Crippen molar-refractivity contribution >= 4 is 45.0 Å². The Bertz CT molecular complexity index is 1040. The van der Waals surface area contributed by atoms with Crippen LogP contribution in [0.1, 0.15) is 33.3 Å². The topological polar surface area (TPSA) is 111 Å². The zero-order valence-electron chi connectivity index (χ0n) is 14.7. The highest BCUT2D eigenvalue weighted by Gasteiger charge is 2.22. The van der Waals surface area contributed by atoms with E-state index < -0.39 is 23.9 Å². The first-order valence-electron chi connectivity index (χ1n) is 8.12. The number of thiophene rings is 1. The van der Waals surface area contributed by atoms with E-state index in [1.54, 1.807) is 36.6 Å². The third-order valence-electron chi connectivity index (χ3n) is 3.88. The summed E-state index contributed by atoms with van der Waals surface area (Å²) in [4.78, 5) is 40.7. The van der Waals surface area contributed by atoms with E-state index in [9.17, 15) is 14.4 Å². The van der Waals surface area contributed by atoms with Crippen molar-refractivity contribution in [3.8, 4) is 0 Å². The molecule has 0 aliphatic rings. The molecule has 0 aliphatic carbocycles. The molecule has 0 spiro atoms. The number of rotatable bonds is 5. The van der Waals surface area contributed by atoms with E-state index in [4.69, 9.17) is 10.5 Å². The molecule has 3 aromatic rings. The second kappa shape index (κ2) is 7.55. The minimum absolute atomic E-state index is 0.211. The van der Waals surface area contributed by atoms with Gasteiger partial charge in [-0.25, -0.2) is 4.79 Å². The number of nitrogens with zero attached hydrogens (tertiary/aromatic N) is 1. The molecule has 3 rings (SSSR count). The summed E-state index contributed by atoms with van der Waals surface area (Å²) in [5.74, 6) is -1.82. The van der Waals surface area contributed by atoms with Crippen LogP contribution in [-0.2, 0) is 9.53 Å². The van der Waals surface area contributed by atoms with Crippen LogP contribution in [0.15, 0.2) is 41.8 Å². The molecule has 0 saturated heterocycles. The second-order valence-electron chi connectivity index (χ2n) is 5.89. The van der Waals surface area contributed by atoms with Gasteiger partial charge in [-0.3, -0.25) is 14.6 Å². The molecule has 1 atom stereocenters. The number of hydrogen-bond acceptors (Lipinski definition) is 6. The lowest BCUT2D eigenvalue weighted by atomic mass is 10.1. The van der Waals surface area contributed by atoms with Gasteiger partial charge in [-0.05, 0) is 37.4 Å². The average Bonchev–Trinajstić information content (AvgIpc) is 3.09. The van der Waals surface area contributed by atoms with Gasteiger partial charge in [0.1, 0.15) is 5.00 Å². The van der Waals surface area contributed by atoms with E-state index in [1.807, 2.05) is 6.07 Å². The number of pyridine rings is 1. The van der Waals surface area contributed by atoms with Gasteiger partial charge in [0.05, 0.1) is 16.6 Å². The molecule has 7 nitrogen and oxygen atoms in total. The van der Waals surface area contributed by atoms with Gasteiger partial charge < -0.3 is 15.8 Å². The quantitative estimate of drug-likeness (QED) is 0.658. The molecule has 2 heterocycles. The number of ether oxygens (including phenoxy) is 1. The average molecular weight is 383 g/mol. The zero-order valence-corrected chi connectivity index (χ0v) is 15.5. The molecule has 0 radical (unpaired) electrons. The minimum atomic E-state index is -1.06. The minimum Gasteiger partial charge on any atom is -0.449 e. The molecule has 0 bridgehead atoms. The highest BCUT2D eigenvalue weighted by atomic mass is 32.1. The van der Waals surface area contributed by atoms with Crippen LogP contribution in [0.2, 0.25) is 0 Å². The summed E-state index contributed by atoms with van der Waals surface area (Å²) >= 11 is 1.16. The van der Waals surface area contributed by atoms with Crippen molar-refractivity contribution in [2.45, 2.75) is 20.0 Å². The Morgan fingerprint density at radius 1 is 1.19 bits per heavy atom. The Kier molecular flexibility index (Phi) is 5.18. The van der Waals surface area contributed by atoms with E-state index in [2.05, 4.69) is 10.3 Å². The van der Waals surface area contributed by atoms with Crippen molar-refractivity contribution in [2.24, 2.45) is 5.73 Å². The highest BCUT2D eigenvalue weighted by Crippen LogP contribution is 2.23. The van der Waals surface area contributed by atoms with Gasteiger partial charge in [0, 0.05) is 11.1 Å². The lowest BCUT2D eigenvalue weighted by Crippen LogP contribution is -2.30. The van der Waals surface area contributed by atoms with Crippen molar-refractivity contribution in [1.82, 2.24) is 4.98 Å². The number of primary amides is 1. The Morgan fingerprint density at radius 3 is 2.67 bits per heavy atom. The molecular formula is C19H17N3O4S. The molecule has 0 fully saturated rings. The number of aromatic nitrogens is 1. The fourth-order valence-electron chi connectivity index (χ4n) is 2.57. The van der Waals surface area contributed by atoms with Crippen LogP contribution in [0.4, 0.5) is 5.00 Å². The van der Waals surface area contributed by atoms with Crippen LogP contribution in [0.5, 0.6) is 0 Å². The van der Waals surface area contributed by atoms with Crippen LogP contribution in [0, 0.1) is 6.92 Å². The van der Waals surface area contributed by atoms with Gasteiger partial charge in [0.2, 0.25) is 0 Å². The van der Waals surface area contributed by atoms with Crippen LogP contribution in [0.25, 0.3) is 10.9 Å². The highest BCUT2D eigenvalue weighted by molar-refractivity contribution is 7.14. The molecule has 3 N–H and O–H groups in total. The Labute approximate surface area is 159 Å². The van der Waals surface area contributed by atoms with E-state index in [-0.39, 0.29) is 5.56 Å². The summed E-state index contributed by atoms with van der Waals surface area (Å²) in [7, 11) is 0. The van der Waals surface area contributed by atoms with E-state index >= 15 is 0 Å². The first-order chi connectivity index (χ1) is 12.9. The van der Waals surface area contributed by atoms with Gasteiger partial charge >= 0.3 is 5.97 Å². The van der Waals surface area contributed by atoms with E-state index in [1.165, 1.54) is 13.0 Å². The number of anilines is 1. The summed E-state index contributed by atoms with van der Waals surface area (Å²) in [5.41, 5.74) is 7.15. The van der Waals surface area contributed by atoms with Gasteiger partial charge in [0.15, 0.2) is 6.10 Å². The third kappa shape index (κ3) is 3.95. The summed E-state index contributed by atoms with van der Waals surface area (Å²) in [6.45, 7) is 3.24. The van der Waals surface area contributed by atoms with Crippen LogP contribution < -0.4 is 11.1 Å². The first kappa shape index (κ1) is 18.5. The second-order valence-corrected chi connectivity index (χ2v) is 6.81. The maximum Gasteiger partial charge on any atom is 0.339 e.